The lowest BCUT2D eigenvalue weighted by Gasteiger charge is -2.48. The van der Waals surface area contributed by atoms with Gasteiger partial charge in [0.25, 0.3) is 5.91 Å². The zero-order valence-electron chi connectivity index (χ0n) is 15.6. The van der Waals surface area contributed by atoms with Gasteiger partial charge in [0.2, 0.25) is 11.8 Å². The number of halogens is 1. The summed E-state index contributed by atoms with van der Waals surface area (Å²) >= 11 is 0. The lowest BCUT2D eigenvalue weighted by Crippen LogP contribution is -2.51. The molecule has 0 saturated carbocycles. The Bertz CT molecular complexity index is 812. The highest BCUT2D eigenvalue weighted by atomic mass is 19.1. The topological polar surface area (TPSA) is 77.4 Å². The summed E-state index contributed by atoms with van der Waals surface area (Å²) in [5.41, 5.74) is 0.429. The molecule has 2 fully saturated rings. The third-order valence-electron chi connectivity index (χ3n) is 5.92. The lowest BCUT2D eigenvalue weighted by molar-refractivity contribution is -0.0826. The molecule has 1 atom stereocenters. The Balaban J connectivity index is 1.40. The Morgan fingerprint density at radius 2 is 2.11 bits per heavy atom. The van der Waals surface area contributed by atoms with Gasteiger partial charge >= 0.3 is 0 Å². The van der Waals surface area contributed by atoms with Crippen molar-refractivity contribution in [1.82, 2.24) is 19.9 Å². The predicted octanol–water partition coefficient (Wildman–Crippen LogP) is 2.35. The maximum Gasteiger partial charge on any atom is 0.254 e. The van der Waals surface area contributed by atoms with E-state index in [2.05, 4.69) is 15.0 Å². The van der Waals surface area contributed by atoms with E-state index in [9.17, 15) is 9.18 Å². The number of likely N-dealkylation sites (tertiary alicyclic amines) is 1. The van der Waals surface area contributed by atoms with Crippen LogP contribution < -0.4 is 4.74 Å². The molecule has 2 aliphatic rings. The van der Waals surface area contributed by atoms with E-state index in [-0.39, 0.29) is 17.2 Å². The third-order valence-corrected chi connectivity index (χ3v) is 5.92. The van der Waals surface area contributed by atoms with Crippen LogP contribution in [0.2, 0.25) is 0 Å². The van der Waals surface area contributed by atoms with Crippen LogP contribution in [-0.4, -0.2) is 58.7 Å². The van der Waals surface area contributed by atoms with E-state index in [4.69, 9.17) is 9.47 Å². The SMILES string of the molecule is O=C(c1ccnc(F)c1)N1CCC2(CCOC[C@H]2COc2cnccn2)CC1. The average molecular weight is 386 g/mol. The summed E-state index contributed by atoms with van der Waals surface area (Å²) in [6.45, 7) is 3.17. The molecule has 28 heavy (non-hydrogen) atoms. The number of rotatable bonds is 4. The maximum absolute atomic E-state index is 13.3. The van der Waals surface area contributed by atoms with Gasteiger partial charge in [0.1, 0.15) is 0 Å². The van der Waals surface area contributed by atoms with Crippen LogP contribution in [0.25, 0.3) is 0 Å². The minimum atomic E-state index is -0.634. The van der Waals surface area contributed by atoms with Gasteiger partial charge in [0, 0.05) is 55.8 Å². The molecule has 148 valence electrons. The van der Waals surface area contributed by atoms with Crippen LogP contribution in [0.1, 0.15) is 29.6 Å². The van der Waals surface area contributed by atoms with Crippen molar-refractivity contribution in [2.24, 2.45) is 11.3 Å². The van der Waals surface area contributed by atoms with Gasteiger partial charge in [-0.1, -0.05) is 0 Å². The van der Waals surface area contributed by atoms with Crippen molar-refractivity contribution in [2.75, 3.05) is 32.9 Å². The fourth-order valence-corrected chi connectivity index (χ4v) is 4.18. The second-order valence-electron chi connectivity index (χ2n) is 7.40. The zero-order chi connectivity index (χ0) is 19.4. The van der Waals surface area contributed by atoms with Crippen molar-refractivity contribution in [2.45, 2.75) is 19.3 Å². The second kappa shape index (κ2) is 8.18. The molecule has 4 heterocycles. The fourth-order valence-electron chi connectivity index (χ4n) is 4.18. The number of hydrogen-bond donors (Lipinski definition) is 0. The Kier molecular flexibility index (Phi) is 5.47. The molecule has 0 radical (unpaired) electrons. The molecule has 0 unspecified atom stereocenters. The van der Waals surface area contributed by atoms with E-state index in [0.717, 1.165) is 25.9 Å². The molecule has 7 nitrogen and oxygen atoms in total. The van der Waals surface area contributed by atoms with E-state index in [0.29, 0.717) is 37.7 Å². The first-order valence-corrected chi connectivity index (χ1v) is 9.54. The number of carbonyl (C=O) groups is 1. The number of carbonyl (C=O) groups excluding carboxylic acids is 1. The molecular formula is C20H23FN4O3. The van der Waals surface area contributed by atoms with Gasteiger partial charge in [-0.05, 0) is 30.7 Å². The van der Waals surface area contributed by atoms with E-state index >= 15 is 0 Å². The number of amides is 1. The Hall–Kier alpha value is -2.61. The van der Waals surface area contributed by atoms with E-state index in [1.807, 2.05) is 0 Å². The normalized spacial score (nSPS) is 21.5. The highest BCUT2D eigenvalue weighted by Crippen LogP contribution is 2.45. The average Bonchev–Trinajstić information content (AvgIpc) is 2.74. The van der Waals surface area contributed by atoms with Gasteiger partial charge in [-0.2, -0.15) is 4.39 Å². The summed E-state index contributed by atoms with van der Waals surface area (Å²) in [5.74, 6) is -0.0324. The molecule has 2 saturated heterocycles. The van der Waals surface area contributed by atoms with E-state index in [1.165, 1.54) is 12.3 Å². The molecule has 0 aromatic carbocycles. The number of nitrogens with zero attached hydrogens (tertiary/aromatic N) is 4. The van der Waals surface area contributed by atoms with Gasteiger partial charge in [-0.3, -0.25) is 9.78 Å². The summed E-state index contributed by atoms with van der Waals surface area (Å²) in [5, 5.41) is 0. The van der Waals surface area contributed by atoms with Crippen molar-refractivity contribution < 1.29 is 18.7 Å². The molecule has 0 bridgehead atoms. The van der Waals surface area contributed by atoms with Crippen molar-refractivity contribution in [3.63, 3.8) is 0 Å². The zero-order valence-corrected chi connectivity index (χ0v) is 15.6. The summed E-state index contributed by atoms with van der Waals surface area (Å²) in [6, 6.07) is 2.75. The first-order chi connectivity index (χ1) is 13.7. The third kappa shape index (κ3) is 3.96. The number of piperidine rings is 1. The molecule has 4 rings (SSSR count). The molecule has 1 amide bonds. The Morgan fingerprint density at radius 1 is 1.25 bits per heavy atom. The smallest absolute Gasteiger partial charge is 0.254 e. The Morgan fingerprint density at radius 3 is 2.86 bits per heavy atom. The minimum absolute atomic E-state index is 0.0841. The van der Waals surface area contributed by atoms with Crippen molar-refractivity contribution in [3.8, 4) is 5.88 Å². The highest BCUT2D eigenvalue weighted by Gasteiger charge is 2.44. The van der Waals surface area contributed by atoms with Gasteiger partial charge in [-0.15, -0.1) is 0 Å². The first-order valence-electron chi connectivity index (χ1n) is 9.54. The standard InChI is InChI=1S/C20H23FN4O3/c21-17-11-15(1-5-23-17)19(26)25-8-2-20(3-9-25)4-10-27-13-16(20)14-28-18-12-22-6-7-24-18/h1,5-7,11-12,16H,2-4,8-10,13-14H2/t16-/m0/s1. The van der Waals surface area contributed by atoms with Crippen LogP contribution in [0.3, 0.4) is 0 Å². The van der Waals surface area contributed by atoms with Crippen LogP contribution in [-0.2, 0) is 4.74 Å². The van der Waals surface area contributed by atoms with Gasteiger partial charge in [-0.25, -0.2) is 9.97 Å². The van der Waals surface area contributed by atoms with Gasteiger partial charge < -0.3 is 14.4 Å². The summed E-state index contributed by atoms with van der Waals surface area (Å²) < 4.78 is 24.9. The largest absolute Gasteiger partial charge is 0.476 e. The predicted molar refractivity (Wildman–Crippen MR) is 98.2 cm³/mol. The van der Waals surface area contributed by atoms with Crippen LogP contribution in [0, 0.1) is 17.3 Å². The van der Waals surface area contributed by atoms with E-state index < -0.39 is 5.95 Å². The van der Waals surface area contributed by atoms with Crippen LogP contribution in [0.4, 0.5) is 4.39 Å². The van der Waals surface area contributed by atoms with Crippen molar-refractivity contribution in [3.05, 3.63) is 48.4 Å². The summed E-state index contributed by atoms with van der Waals surface area (Å²) in [6.07, 6.45) is 8.85. The molecule has 8 heteroatoms. The summed E-state index contributed by atoms with van der Waals surface area (Å²) in [4.78, 5) is 26.2. The van der Waals surface area contributed by atoms with Gasteiger partial charge in [0.15, 0.2) is 0 Å². The number of ether oxygens (including phenoxy) is 2. The highest BCUT2D eigenvalue weighted by molar-refractivity contribution is 5.94. The van der Waals surface area contributed by atoms with Gasteiger partial charge in [0.05, 0.1) is 19.4 Å². The molecule has 1 spiro atoms. The second-order valence-corrected chi connectivity index (χ2v) is 7.40. The minimum Gasteiger partial charge on any atom is -0.476 e. The fraction of sp³-hybridized carbons (Fsp3) is 0.500. The van der Waals surface area contributed by atoms with Crippen LogP contribution in [0.5, 0.6) is 5.88 Å². The molecule has 0 N–H and O–H groups in total. The van der Waals surface area contributed by atoms with Crippen molar-refractivity contribution >= 4 is 5.91 Å². The monoisotopic (exact) mass is 386 g/mol. The lowest BCUT2D eigenvalue weighted by atomic mass is 9.66. The molecule has 2 aromatic rings. The van der Waals surface area contributed by atoms with Crippen LogP contribution >= 0.6 is 0 Å². The number of pyridine rings is 1. The van der Waals surface area contributed by atoms with Crippen LogP contribution in [0.15, 0.2) is 36.9 Å². The molecule has 2 aromatic heterocycles. The summed E-state index contributed by atoms with van der Waals surface area (Å²) in [7, 11) is 0. The molecule has 0 aliphatic carbocycles. The molecule has 2 aliphatic heterocycles. The first kappa shape index (κ1) is 18.7. The number of aromatic nitrogens is 3. The molecular weight excluding hydrogens is 363 g/mol. The number of hydrogen-bond acceptors (Lipinski definition) is 6. The Labute approximate surface area is 162 Å². The maximum atomic E-state index is 13.3. The van der Waals surface area contributed by atoms with Crippen molar-refractivity contribution in [1.29, 1.82) is 0 Å². The quantitative estimate of drug-likeness (QED) is 0.751. The van der Waals surface area contributed by atoms with E-state index in [1.54, 1.807) is 29.6 Å².